The molecule has 1 rings (SSSR count). The lowest BCUT2D eigenvalue weighted by Crippen LogP contribution is -2.53. The van der Waals surface area contributed by atoms with E-state index < -0.39 is 17.7 Å². The van der Waals surface area contributed by atoms with Crippen LogP contribution in [0.1, 0.15) is 26.3 Å². The highest BCUT2D eigenvalue weighted by molar-refractivity contribution is 5.66. The highest BCUT2D eigenvalue weighted by Crippen LogP contribution is 2.20. The fourth-order valence-electron chi connectivity index (χ4n) is 2.11. The van der Waals surface area contributed by atoms with Gasteiger partial charge in [-0.25, -0.2) is 4.79 Å². The van der Waals surface area contributed by atoms with Gasteiger partial charge in [-0.05, 0) is 32.8 Å². The first-order valence-corrected chi connectivity index (χ1v) is 6.03. The lowest BCUT2D eigenvalue weighted by Gasteiger charge is -2.39. The van der Waals surface area contributed by atoms with Gasteiger partial charge in [0.15, 0.2) is 0 Å². The van der Waals surface area contributed by atoms with E-state index in [1.165, 1.54) is 4.90 Å². The molecule has 1 aromatic carbocycles. The fourth-order valence-corrected chi connectivity index (χ4v) is 2.11. The van der Waals surface area contributed by atoms with Gasteiger partial charge in [0.05, 0.1) is 12.6 Å². The van der Waals surface area contributed by atoms with Crippen LogP contribution in [0.15, 0.2) is 30.3 Å². The monoisotopic (exact) mass is 251 g/mol. The minimum Gasteiger partial charge on any atom is -0.465 e. The number of aliphatic hydroxyl groups is 1. The van der Waals surface area contributed by atoms with Gasteiger partial charge in [-0.1, -0.05) is 30.3 Å². The lowest BCUT2D eigenvalue weighted by molar-refractivity contribution is 0.0465. The number of nitrogens with zero attached hydrogens (tertiary/aromatic N) is 1. The van der Waals surface area contributed by atoms with Crippen molar-refractivity contribution in [1.29, 1.82) is 0 Å². The van der Waals surface area contributed by atoms with Gasteiger partial charge in [0.1, 0.15) is 0 Å². The van der Waals surface area contributed by atoms with Crippen LogP contribution >= 0.6 is 0 Å². The number of carbonyl (C=O) groups is 1. The summed E-state index contributed by atoms with van der Waals surface area (Å²) < 4.78 is 0. The quantitative estimate of drug-likeness (QED) is 0.863. The molecular weight excluding hydrogens is 230 g/mol. The first kappa shape index (κ1) is 14.5. The number of carboxylic acid groups (broad SMARTS) is 1. The van der Waals surface area contributed by atoms with Gasteiger partial charge in [0.2, 0.25) is 0 Å². The number of aliphatic hydroxyl groups excluding tert-OH is 1. The van der Waals surface area contributed by atoms with Gasteiger partial charge in [0, 0.05) is 5.54 Å². The van der Waals surface area contributed by atoms with E-state index >= 15 is 0 Å². The fraction of sp³-hybridized carbons (Fsp3) is 0.500. The average molecular weight is 251 g/mol. The van der Waals surface area contributed by atoms with Crippen molar-refractivity contribution >= 4 is 6.09 Å². The molecule has 1 unspecified atom stereocenters. The van der Waals surface area contributed by atoms with Crippen molar-refractivity contribution in [3.05, 3.63) is 35.9 Å². The summed E-state index contributed by atoms with van der Waals surface area (Å²) in [6.07, 6.45) is -0.488. The number of amides is 1. The smallest absolute Gasteiger partial charge is 0.408 e. The van der Waals surface area contributed by atoms with Gasteiger partial charge < -0.3 is 10.2 Å². The Morgan fingerprint density at radius 2 is 1.83 bits per heavy atom. The van der Waals surface area contributed by atoms with E-state index in [9.17, 15) is 15.0 Å². The molecule has 0 aliphatic carbocycles. The number of hydrogen-bond donors (Lipinski definition) is 2. The molecule has 4 heteroatoms. The zero-order valence-corrected chi connectivity index (χ0v) is 11.1. The second kappa shape index (κ2) is 5.87. The summed E-state index contributed by atoms with van der Waals surface area (Å²) in [4.78, 5) is 12.7. The molecule has 0 heterocycles. The summed E-state index contributed by atoms with van der Waals surface area (Å²) in [7, 11) is 0. The van der Waals surface area contributed by atoms with Crippen LogP contribution in [0.25, 0.3) is 0 Å². The molecule has 18 heavy (non-hydrogen) atoms. The molecule has 1 amide bonds. The van der Waals surface area contributed by atoms with Gasteiger partial charge in [-0.15, -0.1) is 0 Å². The van der Waals surface area contributed by atoms with Crippen LogP contribution in [0.5, 0.6) is 0 Å². The SMILES string of the molecule is CC(C)(C)N(C(=O)O)C(CO)Cc1ccccc1. The minimum atomic E-state index is -1.00. The Bertz CT molecular complexity index is 384. The van der Waals surface area contributed by atoms with Crippen molar-refractivity contribution in [2.75, 3.05) is 6.61 Å². The Morgan fingerprint density at radius 1 is 1.28 bits per heavy atom. The molecule has 0 saturated heterocycles. The molecule has 100 valence electrons. The largest absolute Gasteiger partial charge is 0.465 e. The Morgan fingerprint density at radius 3 is 2.22 bits per heavy atom. The third kappa shape index (κ3) is 3.74. The van der Waals surface area contributed by atoms with Crippen molar-refractivity contribution in [2.45, 2.75) is 38.8 Å². The molecule has 0 bridgehead atoms. The van der Waals surface area contributed by atoms with Gasteiger partial charge in [0.25, 0.3) is 0 Å². The van der Waals surface area contributed by atoms with Gasteiger partial charge in [-0.2, -0.15) is 0 Å². The summed E-state index contributed by atoms with van der Waals surface area (Å²) in [6.45, 7) is 5.30. The van der Waals surface area contributed by atoms with Crippen LogP contribution in [-0.2, 0) is 6.42 Å². The predicted molar refractivity (Wildman–Crippen MR) is 70.6 cm³/mol. The van der Waals surface area contributed by atoms with Crippen molar-refractivity contribution in [1.82, 2.24) is 4.90 Å². The Hall–Kier alpha value is -1.55. The molecule has 1 aromatic rings. The van der Waals surface area contributed by atoms with Crippen molar-refractivity contribution in [3.63, 3.8) is 0 Å². The molecular formula is C14H21NO3. The molecule has 4 nitrogen and oxygen atoms in total. The molecule has 0 radical (unpaired) electrons. The normalized spacial score (nSPS) is 13.1. The van der Waals surface area contributed by atoms with Crippen LogP contribution in [-0.4, -0.2) is 39.4 Å². The second-order valence-electron chi connectivity index (χ2n) is 5.35. The van der Waals surface area contributed by atoms with Crippen molar-refractivity contribution in [2.24, 2.45) is 0 Å². The van der Waals surface area contributed by atoms with E-state index in [1.807, 2.05) is 51.1 Å². The highest BCUT2D eigenvalue weighted by atomic mass is 16.4. The first-order chi connectivity index (χ1) is 8.36. The summed E-state index contributed by atoms with van der Waals surface area (Å²) >= 11 is 0. The third-order valence-corrected chi connectivity index (χ3v) is 2.82. The predicted octanol–water partition coefficient (Wildman–Crippen LogP) is 2.37. The molecule has 0 fully saturated rings. The zero-order valence-electron chi connectivity index (χ0n) is 11.1. The van der Waals surface area contributed by atoms with E-state index in [4.69, 9.17) is 0 Å². The van der Waals surface area contributed by atoms with E-state index in [-0.39, 0.29) is 6.61 Å². The van der Waals surface area contributed by atoms with E-state index in [1.54, 1.807) is 0 Å². The molecule has 0 spiro atoms. The second-order valence-corrected chi connectivity index (χ2v) is 5.35. The number of benzene rings is 1. The maximum absolute atomic E-state index is 11.4. The van der Waals surface area contributed by atoms with Crippen molar-refractivity contribution in [3.8, 4) is 0 Å². The van der Waals surface area contributed by atoms with Crippen LogP contribution < -0.4 is 0 Å². The molecule has 0 aromatic heterocycles. The van der Waals surface area contributed by atoms with E-state index in [2.05, 4.69) is 0 Å². The van der Waals surface area contributed by atoms with E-state index in [0.29, 0.717) is 6.42 Å². The minimum absolute atomic E-state index is 0.182. The molecule has 0 aliphatic heterocycles. The van der Waals surface area contributed by atoms with Gasteiger partial charge in [-0.3, -0.25) is 4.90 Å². The molecule has 0 saturated carbocycles. The van der Waals surface area contributed by atoms with Gasteiger partial charge >= 0.3 is 6.09 Å². The Labute approximate surface area is 108 Å². The average Bonchev–Trinajstić information content (AvgIpc) is 2.27. The third-order valence-electron chi connectivity index (χ3n) is 2.82. The standard InChI is InChI=1S/C14H21NO3/c1-14(2,3)15(13(17)18)12(10-16)9-11-7-5-4-6-8-11/h4-8,12,16H,9-10H2,1-3H3,(H,17,18). The van der Waals surface area contributed by atoms with E-state index in [0.717, 1.165) is 5.56 Å². The maximum Gasteiger partial charge on any atom is 0.408 e. The number of hydrogen-bond acceptors (Lipinski definition) is 2. The molecule has 2 N–H and O–H groups in total. The Balaban J connectivity index is 2.90. The lowest BCUT2D eigenvalue weighted by atomic mass is 9.99. The summed E-state index contributed by atoms with van der Waals surface area (Å²) in [5.41, 5.74) is 0.487. The number of rotatable bonds is 4. The summed E-state index contributed by atoms with van der Waals surface area (Å²) in [6, 6.07) is 9.18. The zero-order chi connectivity index (χ0) is 13.8. The Kier molecular flexibility index (Phi) is 4.73. The highest BCUT2D eigenvalue weighted by Gasteiger charge is 2.32. The molecule has 0 aliphatic rings. The van der Waals surface area contributed by atoms with Crippen molar-refractivity contribution < 1.29 is 15.0 Å². The first-order valence-electron chi connectivity index (χ1n) is 6.03. The van der Waals surface area contributed by atoms with Crippen LogP contribution in [0.2, 0.25) is 0 Å². The van der Waals surface area contributed by atoms with Crippen LogP contribution in [0.3, 0.4) is 0 Å². The van der Waals surface area contributed by atoms with Crippen LogP contribution in [0.4, 0.5) is 4.79 Å². The summed E-state index contributed by atoms with van der Waals surface area (Å²) in [5.74, 6) is 0. The molecule has 1 atom stereocenters. The maximum atomic E-state index is 11.4. The topological polar surface area (TPSA) is 60.8 Å². The summed E-state index contributed by atoms with van der Waals surface area (Å²) in [5, 5.41) is 18.8. The van der Waals surface area contributed by atoms with Crippen LogP contribution in [0, 0.1) is 0 Å².